The van der Waals surface area contributed by atoms with Crippen LogP contribution in [0.5, 0.6) is 0 Å². The third kappa shape index (κ3) is 2.67. The molecule has 1 saturated heterocycles. The molecule has 1 aromatic carbocycles. The van der Waals surface area contributed by atoms with Crippen LogP contribution in [-0.4, -0.2) is 28.8 Å². The highest BCUT2D eigenvalue weighted by atomic mass is 16.2. The van der Waals surface area contributed by atoms with Crippen molar-refractivity contribution in [3.8, 4) is 0 Å². The maximum absolute atomic E-state index is 12.9. The molecule has 112 valence electrons. The molecule has 1 aliphatic carbocycles. The summed E-state index contributed by atoms with van der Waals surface area (Å²) in [6.45, 7) is 2.32. The van der Waals surface area contributed by atoms with Gasteiger partial charge in [0.15, 0.2) is 0 Å². The van der Waals surface area contributed by atoms with E-state index in [0.717, 1.165) is 31.2 Å². The zero-order valence-corrected chi connectivity index (χ0v) is 12.5. The first-order chi connectivity index (χ1) is 10.1. The third-order valence-corrected chi connectivity index (χ3v) is 4.84. The summed E-state index contributed by atoms with van der Waals surface area (Å²) in [6.07, 6.45) is 5.49. The van der Waals surface area contributed by atoms with E-state index in [1.165, 1.54) is 6.42 Å². The molecule has 0 radical (unpaired) electrons. The second-order valence-electron chi connectivity index (χ2n) is 6.39. The quantitative estimate of drug-likeness (QED) is 0.907. The van der Waals surface area contributed by atoms with Gasteiger partial charge < -0.3 is 10.2 Å². The Balaban J connectivity index is 1.88. The highest BCUT2D eigenvalue weighted by molar-refractivity contribution is 5.96. The SMILES string of the molecule is CC1(N2CC(=O)NC(c3ccccc3)C2=O)CCCCC1. The molecule has 4 nitrogen and oxygen atoms in total. The Morgan fingerprint density at radius 2 is 1.76 bits per heavy atom. The average Bonchev–Trinajstić information content (AvgIpc) is 2.51. The van der Waals surface area contributed by atoms with Crippen LogP contribution in [0.2, 0.25) is 0 Å². The lowest BCUT2D eigenvalue weighted by Crippen LogP contribution is -2.61. The molecule has 2 amide bonds. The predicted octanol–water partition coefficient (Wildman–Crippen LogP) is 2.41. The summed E-state index contributed by atoms with van der Waals surface area (Å²) in [4.78, 5) is 26.8. The first-order valence-corrected chi connectivity index (χ1v) is 7.76. The van der Waals surface area contributed by atoms with Crippen molar-refractivity contribution in [3.05, 3.63) is 35.9 Å². The lowest BCUT2D eigenvalue weighted by Gasteiger charge is -2.47. The molecule has 1 unspecified atom stereocenters. The van der Waals surface area contributed by atoms with Crippen molar-refractivity contribution in [1.29, 1.82) is 0 Å². The van der Waals surface area contributed by atoms with Crippen molar-refractivity contribution in [2.45, 2.75) is 50.6 Å². The zero-order chi connectivity index (χ0) is 14.9. The van der Waals surface area contributed by atoms with Gasteiger partial charge in [0, 0.05) is 5.54 Å². The van der Waals surface area contributed by atoms with Crippen LogP contribution in [-0.2, 0) is 9.59 Å². The molecule has 2 aliphatic rings. The van der Waals surface area contributed by atoms with Gasteiger partial charge in [-0.05, 0) is 25.3 Å². The maximum Gasteiger partial charge on any atom is 0.250 e. The number of carbonyl (C=O) groups is 2. The topological polar surface area (TPSA) is 49.4 Å². The molecule has 0 aromatic heterocycles. The molecule has 1 aromatic rings. The smallest absolute Gasteiger partial charge is 0.250 e. The van der Waals surface area contributed by atoms with Gasteiger partial charge >= 0.3 is 0 Å². The van der Waals surface area contributed by atoms with E-state index >= 15 is 0 Å². The van der Waals surface area contributed by atoms with Crippen molar-refractivity contribution in [1.82, 2.24) is 10.2 Å². The van der Waals surface area contributed by atoms with E-state index in [1.54, 1.807) is 0 Å². The second kappa shape index (κ2) is 5.51. The number of piperazine rings is 1. The van der Waals surface area contributed by atoms with Gasteiger partial charge in [-0.2, -0.15) is 0 Å². The minimum atomic E-state index is -0.536. The van der Waals surface area contributed by atoms with E-state index in [9.17, 15) is 9.59 Å². The molecule has 1 atom stereocenters. The van der Waals surface area contributed by atoms with Crippen LogP contribution < -0.4 is 5.32 Å². The molecule has 2 fully saturated rings. The van der Waals surface area contributed by atoms with E-state index in [2.05, 4.69) is 12.2 Å². The van der Waals surface area contributed by atoms with Crippen LogP contribution in [0.1, 0.15) is 50.6 Å². The van der Waals surface area contributed by atoms with Gasteiger partial charge in [-0.15, -0.1) is 0 Å². The highest BCUT2D eigenvalue weighted by Gasteiger charge is 2.43. The van der Waals surface area contributed by atoms with Gasteiger partial charge in [-0.1, -0.05) is 49.6 Å². The summed E-state index contributed by atoms with van der Waals surface area (Å²) in [5.41, 5.74) is 0.695. The first kappa shape index (κ1) is 14.1. The van der Waals surface area contributed by atoms with Crippen LogP contribution in [0, 0.1) is 0 Å². The van der Waals surface area contributed by atoms with Gasteiger partial charge in [-0.25, -0.2) is 0 Å². The van der Waals surface area contributed by atoms with Gasteiger partial charge in [-0.3, -0.25) is 9.59 Å². The summed E-state index contributed by atoms with van der Waals surface area (Å²) in [7, 11) is 0. The lowest BCUT2D eigenvalue weighted by atomic mass is 9.81. The molecule has 0 bridgehead atoms. The Morgan fingerprint density at radius 3 is 2.43 bits per heavy atom. The average molecular weight is 286 g/mol. The Hall–Kier alpha value is -1.84. The number of rotatable bonds is 2. The minimum Gasteiger partial charge on any atom is -0.339 e. The Morgan fingerprint density at radius 1 is 1.10 bits per heavy atom. The van der Waals surface area contributed by atoms with E-state index in [0.29, 0.717) is 0 Å². The number of benzene rings is 1. The van der Waals surface area contributed by atoms with Gasteiger partial charge in [0.25, 0.3) is 5.91 Å². The van der Waals surface area contributed by atoms with Crippen molar-refractivity contribution < 1.29 is 9.59 Å². The summed E-state index contributed by atoms with van der Waals surface area (Å²) < 4.78 is 0. The number of amides is 2. The number of hydrogen-bond donors (Lipinski definition) is 1. The highest BCUT2D eigenvalue weighted by Crippen LogP contribution is 2.36. The Labute approximate surface area is 125 Å². The largest absolute Gasteiger partial charge is 0.339 e. The first-order valence-electron chi connectivity index (χ1n) is 7.76. The van der Waals surface area contributed by atoms with Crippen molar-refractivity contribution in [2.24, 2.45) is 0 Å². The Bertz CT molecular complexity index is 535. The minimum absolute atomic E-state index is 0.0326. The summed E-state index contributed by atoms with van der Waals surface area (Å²) in [5.74, 6) is -0.0274. The van der Waals surface area contributed by atoms with E-state index in [-0.39, 0.29) is 23.9 Å². The maximum atomic E-state index is 12.9. The summed E-state index contributed by atoms with van der Waals surface area (Å²) in [5, 5.41) is 2.84. The molecular formula is C17H22N2O2. The monoisotopic (exact) mass is 286 g/mol. The lowest BCUT2D eigenvalue weighted by molar-refractivity contribution is -0.151. The van der Waals surface area contributed by atoms with Crippen LogP contribution in [0.3, 0.4) is 0 Å². The number of carbonyl (C=O) groups excluding carboxylic acids is 2. The zero-order valence-electron chi connectivity index (χ0n) is 12.5. The fourth-order valence-corrected chi connectivity index (χ4v) is 3.56. The molecule has 3 rings (SSSR count). The van der Waals surface area contributed by atoms with Crippen LogP contribution in [0.25, 0.3) is 0 Å². The molecular weight excluding hydrogens is 264 g/mol. The second-order valence-corrected chi connectivity index (χ2v) is 6.39. The fourth-order valence-electron chi connectivity index (χ4n) is 3.56. The van der Waals surface area contributed by atoms with Gasteiger partial charge in [0.05, 0.1) is 0 Å². The molecule has 0 spiro atoms. The molecule has 1 aliphatic heterocycles. The van der Waals surface area contributed by atoms with Crippen molar-refractivity contribution in [2.75, 3.05) is 6.54 Å². The normalized spacial score (nSPS) is 25.6. The van der Waals surface area contributed by atoms with Crippen LogP contribution in [0.4, 0.5) is 0 Å². The number of hydrogen-bond acceptors (Lipinski definition) is 2. The fraction of sp³-hybridized carbons (Fsp3) is 0.529. The summed E-state index contributed by atoms with van der Waals surface area (Å²) in [6, 6.07) is 8.97. The molecule has 1 N–H and O–H groups in total. The molecule has 4 heteroatoms. The number of nitrogens with one attached hydrogen (secondary N) is 1. The van der Waals surface area contributed by atoms with Crippen LogP contribution >= 0.6 is 0 Å². The predicted molar refractivity (Wildman–Crippen MR) is 80.5 cm³/mol. The van der Waals surface area contributed by atoms with Gasteiger partial charge in [0.1, 0.15) is 12.6 Å². The molecule has 1 saturated carbocycles. The summed E-state index contributed by atoms with van der Waals surface area (Å²) >= 11 is 0. The Kier molecular flexibility index (Phi) is 3.70. The van der Waals surface area contributed by atoms with Crippen molar-refractivity contribution in [3.63, 3.8) is 0 Å². The van der Waals surface area contributed by atoms with E-state index < -0.39 is 6.04 Å². The molecule has 1 heterocycles. The van der Waals surface area contributed by atoms with E-state index in [4.69, 9.17) is 0 Å². The number of nitrogens with zero attached hydrogens (tertiary/aromatic N) is 1. The van der Waals surface area contributed by atoms with Crippen molar-refractivity contribution >= 4 is 11.8 Å². The van der Waals surface area contributed by atoms with E-state index in [1.807, 2.05) is 35.2 Å². The third-order valence-electron chi connectivity index (χ3n) is 4.84. The standard InChI is InChI=1S/C17H22N2O2/c1-17(10-6-3-7-11-17)19-12-14(20)18-15(16(19)21)13-8-4-2-5-9-13/h2,4-5,8-9,15H,3,6-7,10-12H2,1H3,(H,18,20). The van der Waals surface area contributed by atoms with Gasteiger partial charge in [0.2, 0.25) is 5.91 Å². The molecule has 21 heavy (non-hydrogen) atoms. The van der Waals surface area contributed by atoms with Crippen LogP contribution in [0.15, 0.2) is 30.3 Å².